The molecule has 1 aromatic heterocycles. The van der Waals surface area contributed by atoms with E-state index in [1.165, 1.54) is 17.9 Å². The first-order valence-electron chi connectivity index (χ1n) is 8.04. The number of para-hydroxylation sites is 1. The summed E-state index contributed by atoms with van der Waals surface area (Å²) in [6.07, 6.45) is 2.75. The molecular formula is C18H25N3O2. The number of nitrogens with zero attached hydrogens (tertiary/aromatic N) is 1. The van der Waals surface area contributed by atoms with Gasteiger partial charge in [-0.3, -0.25) is 9.59 Å². The van der Waals surface area contributed by atoms with Crippen LogP contribution in [0, 0.1) is 5.92 Å². The first kappa shape index (κ1) is 17.1. The number of aromatic nitrogens is 1. The van der Waals surface area contributed by atoms with Crippen LogP contribution in [-0.2, 0) is 16.0 Å². The fourth-order valence-corrected chi connectivity index (χ4v) is 2.65. The molecule has 0 aliphatic rings. The fraction of sp³-hybridized carbons (Fsp3) is 0.444. The summed E-state index contributed by atoms with van der Waals surface area (Å²) in [7, 11) is 0. The Balaban J connectivity index is 1.83. The molecule has 5 nitrogen and oxygen atoms in total. The third-order valence-electron chi connectivity index (χ3n) is 3.76. The van der Waals surface area contributed by atoms with Crippen LogP contribution in [0.15, 0.2) is 30.5 Å². The normalized spacial score (nSPS) is 11.0. The molecule has 5 heteroatoms. The highest BCUT2D eigenvalue weighted by molar-refractivity contribution is 5.84. The molecule has 2 amide bonds. The summed E-state index contributed by atoms with van der Waals surface area (Å²) in [6.45, 7) is 6.86. The number of hydrogen-bond acceptors (Lipinski definition) is 2. The number of rotatable bonds is 7. The van der Waals surface area contributed by atoms with Gasteiger partial charge in [0.1, 0.15) is 0 Å². The van der Waals surface area contributed by atoms with Gasteiger partial charge < -0.3 is 15.2 Å². The predicted molar refractivity (Wildman–Crippen MR) is 92.1 cm³/mol. The van der Waals surface area contributed by atoms with Gasteiger partial charge in [-0.25, -0.2) is 0 Å². The van der Waals surface area contributed by atoms with Crippen molar-refractivity contribution in [2.75, 3.05) is 19.6 Å². The van der Waals surface area contributed by atoms with Gasteiger partial charge in [0, 0.05) is 37.1 Å². The molecule has 1 heterocycles. The second-order valence-corrected chi connectivity index (χ2v) is 6.25. The summed E-state index contributed by atoms with van der Waals surface area (Å²) in [5.74, 6) is 0.170. The second-order valence-electron chi connectivity index (χ2n) is 6.25. The zero-order valence-electron chi connectivity index (χ0n) is 14.1. The van der Waals surface area contributed by atoms with Gasteiger partial charge in [0.25, 0.3) is 0 Å². The molecule has 0 saturated heterocycles. The number of carbonyl (C=O) groups is 2. The number of hydrogen-bond donors (Lipinski definition) is 2. The van der Waals surface area contributed by atoms with E-state index in [9.17, 15) is 9.59 Å². The average Bonchev–Trinajstić information content (AvgIpc) is 2.89. The molecule has 124 valence electrons. The monoisotopic (exact) mass is 315 g/mol. The Hall–Kier alpha value is -2.30. The van der Waals surface area contributed by atoms with E-state index in [2.05, 4.69) is 16.4 Å². The lowest BCUT2D eigenvalue weighted by Crippen LogP contribution is -2.41. The molecule has 0 unspecified atom stereocenters. The number of carbonyl (C=O) groups excluding carboxylic acids is 2. The van der Waals surface area contributed by atoms with Crippen LogP contribution < -0.4 is 5.32 Å². The van der Waals surface area contributed by atoms with E-state index in [1.807, 2.05) is 38.2 Å². The quantitative estimate of drug-likeness (QED) is 0.823. The smallest absolute Gasteiger partial charge is 0.239 e. The van der Waals surface area contributed by atoms with E-state index >= 15 is 0 Å². The van der Waals surface area contributed by atoms with Crippen LogP contribution in [0.3, 0.4) is 0 Å². The second kappa shape index (κ2) is 7.81. The molecule has 0 aliphatic carbocycles. The number of benzene rings is 1. The van der Waals surface area contributed by atoms with Crippen LogP contribution in [0.4, 0.5) is 0 Å². The minimum absolute atomic E-state index is 0.0644. The van der Waals surface area contributed by atoms with Crippen LogP contribution in [0.2, 0.25) is 0 Å². The highest BCUT2D eigenvalue weighted by Crippen LogP contribution is 2.17. The highest BCUT2D eigenvalue weighted by Gasteiger charge is 2.14. The molecule has 0 bridgehead atoms. The van der Waals surface area contributed by atoms with E-state index in [1.54, 1.807) is 4.90 Å². The van der Waals surface area contributed by atoms with Gasteiger partial charge in [-0.05, 0) is 24.0 Å². The van der Waals surface area contributed by atoms with Crippen molar-refractivity contribution in [3.05, 3.63) is 36.0 Å². The molecule has 2 N–H and O–H groups in total. The molecule has 0 atom stereocenters. The Morgan fingerprint density at radius 2 is 2.00 bits per heavy atom. The molecule has 0 fully saturated rings. The first-order valence-corrected chi connectivity index (χ1v) is 8.04. The lowest BCUT2D eigenvalue weighted by Gasteiger charge is -2.22. The molecule has 1 aromatic carbocycles. The summed E-state index contributed by atoms with van der Waals surface area (Å²) in [4.78, 5) is 28.4. The largest absolute Gasteiger partial charge is 0.361 e. The predicted octanol–water partition coefficient (Wildman–Crippen LogP) is 2.33. The van der Waals surface area contributed by atoms with Crippen LogP contribution in [0.1, 0.15) is 26.3 Å². The van der Waals surface area contributed by atoms with Crippen molar-refractivity contribution in [1.29, 1.82) is 0 Å². The molecule has 0 spiro atoms. The summed E-state index contributed by atoms with van der Waals surface area (Å²) in [5.41, 5.74) is 2.29. The third kappa shape index (κ3) is 4.84. The van der Waals surface area contributed by atoms with E-state index in [4.69, 9.17) is 0 Å². The van der Waals surface area contributed by atoms with Crippen LogP contribution in [0.25, 0.3) is 10.9 Å². The minimum Gasteiger partial charge on any atom is -0.361 e. The molecule has 0 saturated carbocycles. The maximum absolute atomic E-state index is 12.0. The van der Waals surface area contributed by atoms with Gasteiger partial charge in [0.05, 0.1) is 6.54 Å². The number of nitrogens with one attached hydrogen (secondary N) is 2. The van der Waals surface area contributed by atoms with Crippen LogP contribution >= 0.6 is 0 Å². The van der Waals surface area contributed by atoms with Gasteiger partial charge in [-0.15, -0.1) is 0 Å². The van der Waals surface area contributed by atoms with E-state index in [-0.39, 0.29) is 18.4 Å². The zero-order chi connectivity index (χ0) is 16.8. The SMILES string of the molecule is CC(=O)N(CC(=O)NCCc1c[nH]c2ccccc12)CC(C)C. The van der Waals surface area contributed by atoms with Gasteiger partial charge in [-0.1, -0.05) is 32.0 Å². The maximum atomic E-state index is 12.0. The molecule has 0 radical (unpaired) electrons. The fourth-order valence-electron chi connectivity index (χ4n) is 2.65. The number of H-pyrrole nitrogens is 1. The van der Waals surface area contributed by atoms with Crippen molar-refractivity contribution in [2.45, 2.75) is 27.2 Å². The molecular weight excluding hydrogens is 290 g/mol. The maximum Gasteiger partial charge on any atom is 0.239 e. The topological polar surface area (TPSA) is 65.2 Å². The number of amides is 2. The van der Waals surface area contributed by atoms with E-state index in [0.29, 0.717) is 19.0 Å². The number of aromatic amines is 1. The van der Waals surface area contributed by atoms with Gasteiger partial charge in [0.15, 0.2) is 0 Å². The van der Waals surface area contributed by atoms with E-state index < -0.39 is 0 Å². The number of fused-ring (bicyclic) bond motifs is 1. The zero-order valence-corrected chi connectivity index (χ0v) is 14.1. The lowest BCUT2D eigenvalue weighted by molar-refractivity contribution is -0.134. The van der Waals surface area contributed by atoms with Crippen LogP contribution in [-0.4, -0.2) is 41.3 Å². The Labute approximate surface area is 137 Å². The summed E-state index contributed by atoms with van der Waals surface area (Å²) in [6, 6.07) is 8.11. The van der Waals surface area contributed by atoms with Gasteiger partial charge in [0.2, 0.25) is 11.8 Å². The molecule has 2 aromatic rings. The van der Waals surface area contributed by atoms with Crippen molar-refractivity contribution in [1.82, 2.24) is 15.2 Å². The highest BCUT2D eigenvalue weighted by atomic mass is 16.2. The standard InChI is InChI=1S/C18H25N3O2/c1-13(2)11-21(14(3)22)12-18(23)19-9-8-15-10-20-17-7-5-4-6-16(15)17/h4-7,10,13,20H,8-9,11-12H2,1-3H3,(H,19,23). The summed E-state index contributed by atoms with van der Waals surface area (Å²) >= 11 is 0. The Kier molecular flexibility index (Phi) is 5.79. The van der Waals surface area contributed by atoms with Gasteiger partial charge in [-0.2, -0.15) is 0 Å². The van der Waals surface area contributed by atoms with Crippen molar-refractivity contribution in [3.63, 3.8) is 0 Å². The summed E-state index contributed by atoms with van der Waals surface area (Å²) < 4.78 is 0. The Bertz CT molecular complexity index is 676. The minimum atomic E-state index is -0.110. The van der Waals surface area contributed by atoms with Crippen LogP contribution in [0.5, 0.6) is 0 Å². The van der Waals surface area contributed by atoms with Crippen molar-refractivity contribution >= 4 is 22.7 Å². The van der Waals surface area contributed by atoms with Crippen molar-refractivity contribution in [2.24, 2.45) is 5.92 Å². The molecule has 23 heavy (non-hydrogen) atoms. The third-order valence-corrected chi connectivity index (χ3v) is 3.76. The lowest BCUT2D eigenvalue weighted by atomic mass is 10.1. The van der Waals surface area contributed by atoms with E-state index in [0.717, 1.165) is 11.9 Å². The van der Waals surface area contributed by atoms with Crippen molar-refractivity contribution < 1.29 is 9.59 Å². The van der Waals surface area contributed by atoms with Gasteiger partial charge >= 0.3 is 0 Å². The molecule has 2 rings (SSSR count). The first-order chi connectivity index (χ1) is 11.0. The Morgan fingerprint density at radius 1 is 1.26 bits per heavy atom. The van der Waals surface area contributed by atoms with Crippen molar-refractivity contribution in [3.8, 4) is 0 Å². The average molecular weight is 315 g/mol. The molecule has 0 aliphatic heterocycles. The summed E-state index contributed by atoms with van der Waals surface area (Å²) in [5, 5.41) is 4.08. The Morgan fingerprint density at radius 3 is 2.70 bits per heavy atom.